The number of aromatic amines is 1. The molecule has 0 aliphatic rings. The number of nitrogens with zero attached hydrogens (tertiary/aromatic N) is 3. The topological polar surface area (TPSA) is 71.5 Å². The zero-order chi connectivity index (χ0) is 30.4. The highest BCUT2D eigenvalue weighted by Gasteiger charge is 2.31. The van der Waals surface area contributed by atoms with E-state index in [-0.39, 0.29) is 5.28 Å². The summed E-state index contributed by atoms with van der Waals surface area (Å²) in [5.74, 6) is 0. The molecule has 0 atom stereocenters. The van der Waals surface area contributed by atoms with Gasteiger partial charge in [0.05, 0.1) is 22.5 Å². The number of H-pyrrole nitrogens is 1. The van der Waals surface area contributed by atoms with Gasteiger partial charge in [-0.3, -0.25) is 0 Å². The van der Waals surface area contributed by atoms with E-state index >= 15 is 0 Å². The molecule has 5 nitrogen and oxygen atoms in total. The molecule has 0 unspecified atom stereocenters. The Balaban J connectivity index is 0.000000168. The Bertz CT molecular complexity index is 2000. The van der Waals surface area contributed by atoms with Gasteiger partial charge in [0.1, 0.15) is 9.66 Å². The minimum Gasteiger partial charge on any atom is -0.305 e. The number of halogens is 7. The van der Waals surface area contributed by atoms with Crippen LogP contribution in [0, 0.1) is 13.8 Å². The van der Waals surface area contributed by atoms with Gasteiger partial charge < -0.3 is 4.98 Å². The van der Waals surface area contributed by atoms with Gasteiger partial charge in [-0.05, 0) is 67.4 Å². The highest BCUT2D eigenvalue weighted by atomic mass is 35.5. The summed E-state index contributed by atoms with van der Waals surface area (Å²) in [6.45, 7) is 3.75. The van der Waals surface area contributed by atoms with E-state index in [9.17, 15) is 31.1 Å². The van der Waals surface area contributed by atoms with Gasteiger partial charge in [0.15, 0.2) is 0 Å². The zero-order valence-electron chi connectivity index (χ0n) is 21.5. The summed E-state index contributed by atoms with van der Waals surface area (Å²) in [7, 11) is 0. The monoisotopic (exact) mass is 638 g/mol. The molecule has 4 heterocycles. The Morgan fingerprint density at radius 1 is 0.714 bits per heavy atom. The van der Waals surface area contributed by atoms with E-state index in [1.54, 1.807) is 12.1 Å². The van der Waals surface area contributed by atoms with E-state index in [0.717, 1.165) is 34.0 Å². The lowest BCUT2D eigenvalue weighted by Crippen LogP contribution is -2.11. The van der Waals surface area contributed by atoms with E-state index < -0.39 is 29.2 Å². The molecule has 0 bridgehead atoms. The number of alkyl halides is 6. The summed E-state index contributed by atoms with van der Waals surface area (Å²) in [6, 6.07) is 13.6. The van der Waals surface area contributed by atoms with Crippen LogP contribution in [0.25, 0.3) is 42.9 Å². The molecule has 6 rings (SSSR count). The molecule has 4 aromatic heterocycles. The van der Waals surface area contributed by atoms with Crippen LogP contribution in [0.5, 0.6) is 0 Å². The molecule has 14 heteroatoms. The average molecular weight is 639 g/mol. The van der Waals surface area contributed by atoms with Crippen molar-refractivity contribution in [3.63, 3.8) is 0 Å². The summed E-state index contributed by atoms with van der Waals surface area (Å²) >= 11 is 8.63. The number of benzene rings is 2. The number of rotatable bonds is 2. The van der Waals surface area contributed by atoms with Crippen LogP contribution in [0.3, 0.4) is 0 Å². The third-order valence-corrected chi connectivity index (χ3v) is 8.03. The molecule has 0 aliphatic heterocycles. The lowest BCUT2D eigenvalue weighted by molar-refractivity contribution is -0.138. The van der Waals surface area contributed by atoms with Crippen LogP contribution in [0.2, 0.25) is 5.28 Å². The predicted octanol–water partition coefficient (Wildman–Crippen LogP) is 9.32. The Hall–Kier alpha value is -3.81. The van der Waals surface area contributed by atoms with Crippen molar-refractivity contribution in [2.24, 2.45) is 0 Å². The van der Waals surface area contributed by atoms with Crippen LogP contribution in [0.4, 0.5) is 26.3 Å². The van der Waals surface area contributed by atoms with Gasteiger partial charge in [0.25, 0.3) is 0 Å². The van der Waals surface area contributed by atoms with Crippen molar-refractivity contribution in [3.05, 3.63) is 97.3 Å². The van der Waals surface area contributed by atoms with Crippen LogP contribution >= 0.6 is 34.3 Å². The van der Waals surface area contributed by atoms with Gasteiger partial charge in [0, 0.05) is 26.1 Å². The minimum absolute atomic E-state index is 0.0248. The van der Waals surface area contributed by atoms with Crippen molar-refractivity contribution in [2.75, 3.05) is 0 Å². The Morgan fingerprint density at radius 3 is 1.83 bits per heavy atom. The number of nitrogens with one attached hydrogen (secondary N) is 1. The second kappa shape index (κ2) is 11.1. The van der Waals surface area contributed by atoms with E-state index in [0.29, 0.717) is 42.9 Å². The van der Waals surface area contributed by atoms with Gasteiger partial charge in [-0.15, -0.1) is 22.7 Å². The molecule has 0 saturated heterocycles. The number of thiophene rings is 2. The molecule has 0 amide bonds. The summed E-state index contributed by atoms with van der Waals surface area (Å²) in [4.78, 5) is 29.3. The smallest absolute Gasteiger partial charge is 0.305 e. The van der Waals surface area contributed by atoms with Crippen molar-refractivity contribution in [1.82, 2.24) is 19.9 Å². The summed E-state index contributed by atoms with van der Waals surface area (Å²) < 4.78 is 76.9. The summed E-state index contributed by atoms with van der Waals surface area (Å²) in [5.41, 5.74) is -0.575. The lowest BCUT2D eigenvalue weighted by Gasteiger charge is -2.09. The normalized spacial score (nSPS) is 12.0. The van der Waals surface area contributed by atoms with Crippen LogP contribution in [0.15, 0.2) is 65.5 Å². The Morgan fingerprint density at radius 2 is 1.24 bits per heavy atom. The summed E-state index contributed by atoms with van der Waals surface area (Å²) in [5, 5.41) is 1.38. The second-order valence-electron chi connectivity index (χ2n) is 9.07. The molecule has 0 fully saturated rings. The first-order chi connectivity index (χ1) is 19.7. The van der Waals surface area contributed by atoms with Crippen LogP contribution in [-0.4, -0.2) is 19.9 Å². The van der Waals surface area contributed by atoms with Crippen molar-refractivity contribution in [1.29, 1.82) is 0 Å². The van der Waals surface area contributed by atoms with Crippen molar-refractivity contribution < 1.29 is 26.3 Å². The first kappa shape index (κ1) is 29.7. The molecule has 0 radical (unpaired) electrons. The molecule has 0 saturated carbocycles. The molecule has 6 aromatic rings. The Kier molecular flexibility index (Phi) is 7.86. The second-order valence-corrected chi connectivity index (χ2v) is 11.9. The number of aromatic nitrogens is 4. The highest BCUT2D eigenvalue weighted by molar-refractivity contribution is 7.19. The van der Waals surface area contributed by atoms with Gasteiger partial charge in [-0.2, -0.15) is 31.3 Å². The first-order valence-electron chi connectivity index (χ1n) is 12.0. The number of aryl methyl sites for hydroxylation is 2. The maximum atomic E-state index is 12.8. The molecule has 0 spiro atoms. The SMILES string of the molecule is Cc1cc2c(-c3cccc(C(F)(F)F)c3)[nH]c(=O)nc2s1.Cc1cc2c(-c3cccc(C(F)(F)F)c3)nc(Cl)nc2s1. The first-order valence-corrected chi connectivity index (χ1v) is 14.0. The van der Waals surface area contributed by atoms with E-state index in [1.807, 2.05) is 19.9 Å². The molecule has 0 aliphatic carbocycles. The van der Waals surface area contributed by atoms with Gasteiger partial charge >= 0.3 is 18.0 Å². The molecule has 216 valence electrons. The molecule has 1 N–H and O–H groups in total. The molecular formula is C28H17ClF6N4OS2. The van der Waals surface area contributed by atoms with Crippen molar-refractivity contribution in [2.45, 2.75) is 26.2 Å². The fraction of sp³-hybridized carbons (Fsp3) is 0.143. The quantitative estimate of drug-likeness (QED) is 0.152. The fourth-order valence-electron chi connectivity index (χ4n) is 4.22. The lowest BCUT2D eigenvalue weighted by atomic mass is 10.1. The molecule has 2 aromatic carbocycles. The third kappa shape index (κ3) is 6.32. The van der Waals surface area contributed by atoms with Gasteiger partial charge in [0.2, 0.25) is 5.28 Å². The Labute approximate surface area is 246 Å². The number of hydrogen-bond acceptors (Lipinski definition) is 6. The maximum absolute atomic E-state index is 12.8. The molecular weight excluding hydrogens is 622 g/mol. The van der Waals surface area contributed by atoms with Gasteiger partial charge in [-0.25, -0.2) is 14.8 Å². The predicted molar refractivity (Wildman–Crippen MR) is 153 cm³/mol. The van der Waals surface area contributed by atoms with E-state index in [4.69, 9.17) is 11.6 Å². The van der Waals surface area contributed by atoms with E-state index in [1.165, 1.54) is 40.9 Å². The van der Waals surface area contributed by atoms with Crippen LogP contribution in [-0.2, 0) is 12.4 Å². The largest absolute Gasteiger partial charge is 0.416 e. The van der Waals surface area contributed by atoms with E-state index in [2.05, 4.69) is 19.9 Å². The van der Waals surface area contributed by atoms with Gasteiger partial charge in [-0.1, -0.05) is 24.3 Å². The standard InChI is InChI=1S/C14H8ClF3N2S.C14H9F3N2OS/c1-7-5-10-11(19-13(15)20-12(10)21-7)8-3-2-4-9(6-8)14(16,17)18;1-7-5-10-11(18-13(20)19-12(10)21-7)8-3-2-4-9(6-8)14(15,16)17/h2-6H,1H3;2-6H,1H3,(H,18,19,20). The third-order valence-electron chi connectivity index (χ3n) is 5.97. The zero-order valence-corrected chi connectivity index (χ0v) is 23.9. The fourth-order valence-corrected chi connectivity index (χ4v) is 6.20. The van der Waals surface area contributed by atoms with Crippen LogP contribution in [0.1, 0.15) is 20.9 Å². The summed E-state index contributed by atoms with van der Waals surface area (Å²) in [6.07, 6.45) is -8.82. The maximum Gasteiger partial charge on any atom is 0.416 e. The number of fused-ring (bicyclic) bond motifs is 2. The minimum atomic E-state index is -4.42. The molecule has 42 heavy (non-hydrogen) atoms. The van der Waals surface area contributed by atoms with Crippen molar-refractivity contribution in [3.8, 4) is 22.5 Å². The van der Waals surface area contributed by atoms with Crippen molar-refractivity contribution >= 4 is 54.7 Å². The number of hydrogen-bond donors (Lipinski definition) is 1. The van der Waals surface area contributed by atoms with Crippen LogP contribution < -0.4 is 5.69 Å². The average Bonchev–Trinajstić information content (AvgIpc) is 3.47. The highest BCUT2D eigenvalue weighted by Crippen LogP contribution is 2.37.